The fraction of sp³-hybridized carbons (Fsp3) is 0.158. The van der Waals surface area contributed by atoms with Gasteiger partial charge in [-0.15, -0.1) is 0 Å². The number of aryl methyl sites for hydroxylation is 1. The zero-order valence-electron chi connectivity index (χ0n) is 15.2. The zero-order valence-corrected chi connectivity index (χ0v) is 18.4. The highest BCUT2D eigenvalue weighted by molar-refractivity contribution is 14.2. The molecule has 0 saturated heterocycles. The summed E-state index contributed by atoms with van der Waals surface area (Å²) < 4.78 is 13.0. The summed E-state index contributed by atoms with van der Waals surface area (Å²) in [5, 5.41) is 17.1. The van der Waals surface area contributed by atoms with Crippen molar-refractivity contribution in [3.63, 3.8) is 0 Å². The fourth-order valence-corrected chi connectivity index (χ4v) is 4.24. The van der Waals surface area contributed by atoms with E-state index >= 15 is 0 Å². The van der Waals surface area contributed by atoms with Gasteiger partial charge in [0.25, 0.3) is 0 Å². The second-order valence-electron chi connectivity index (χ2n) is 6.06. The molecule has 0 amide bonds. The van der Waals surface area contributed by atoms with E-state index in [1.807, 2.05) is 46.9 Å². The third-order valence-corrected chi connectivity index (χ3v) is 5.99. The van der Waals surface area contributed by atoms with Crippen LogP contribution in [0.15, 0.2) is 59.4 Å². The molecule has 1 unspecified atom stereocenters. The van der Waals surface area contributed by atoms with E-state index in [9.17, 15) is 0 Å². The largest absolute Gasteiger partial charge is 0.439 e. The first-order valence-electron chi connectivity index (χ1n) is 8.85. The lowest BCUT2D eigenvalue weighted by molar-refractivity contribution is 0.278. The van der Waals surface area contributed by atoms with E-state index in [0.717, 1.165) is 16.8 Å². The molecule has 0 fully saturated rings. The molecule has 4 aromatic rings. The minimum absolute atomic E-state index is 0.0982. The van der Waals surface area contributed by atoms with Crippen LogP contribution in [0.2, 0.25) is 0 Å². The van der Waals surface area contributed by atoms with E-state index in [4.69, 9.17) is 14.4 Å². The van der Waals surface area contributed by atoms with Crippen molar-refractivity contribution in [2.75, 3.05) is 6.61 Å². The lowest BCUT2D eigenvalue weighted by atomic mass is 10.2. The number of ether oxygens (including phenoxy) is 1. The van der Waals surface area contributed by atoms with Crippen LogP contribution in [0.1, 0.15) is 12.3 Å². The number of aliphatic hydroxyl groups is 1. The van der Waals surface area contributed by atoms with Crippen molar-refractivity contribution in [3.8, 4) is 34.3 Å². The molecule has 3 aromatic heterocycles. The van der Waals surface area contributed by atoms with E-state index in [1.54, 1.807) is 12.4 Å². The maximum Gasteiger partial charge on any atom is 0.227 e. The molecule has 0 saturated carbocycles. The number of hydrogen-bond acceptors (Lipinski definition) is 7. The topological polar surface area (TPSA) is 99.1 Å². The van der Waals surface area contributed by atoms with Crippen LogP contribution < -0.4 is 4.74 Å². The first kappa shape index (κ1) is 19.9. The lowest BCUT2D eigenvalue weighted by Crippen LogP contribution is -1.91. The van der Waals surface area contributed by atoms with Crippen molar-refractivity contribution in [2.45, 2.75) is 12.8 Å². The molecule has 3 heterocycles. The summed E-state index contributed by atoms with van der Waals surface area (Å²) in [6, 6.07) is 13.2. The number of hydrogen-bond donors (Lipinski definition) is 1. The van der Waals surface area contributed by atoms with Gasteiger partial charge in [-0.05, 0) is 64.9 Å². The summed E-state index contributed by atoms with van der Waals surface area (Å²) in [6.45, 7) is 0.0982. The average Bonchev–Trinajstić information content (AvgIpc) is 3.43. The molecule has 0 radical (unpaired) electrons. The number of halogens is 1. The molecule has 4 rings (SSSR count). The molecular formula is C19H17IN5O3P. The minimum Gasteiger partial charge on any atom is -0.439 e. The van der Waals surface area contributed by atoms with Crippen LogP contribution in [0.25, 0.3) is 22.6 Å². The van der Waals surface area contributed by atoms with E-state index in [1.165, 1.54) is 0 Å². The SMILES string of the molecule is OCCCc1nc(-c2ccc(Oc3ccc(-c4ccnn4PI)cn3)cc2)no1. The minimum atomic E-state index is 0.0982. The van der Waals surface area contributed by atoms with Gasteiger partial charge in [0, 0.05) is 42.6 Å². The molecule has 1 N–H and O–H groups in total. The van der Waals surface area contributed by atoms with Crippen LogP contribution in [0.4, 0.5) is 0 Å². The van der Waals surface area contributed by atoms with Crippen molar-refractivity contribution < 1.29 is 14.4 Å². The first-order chi connectivity index (χ1) is 14.3. The van der Waals surface area contributed by atoms with Gasteiger partial charge in [-0.3, -0.25) is 0 Å². The van der Waals surface area contributed by atoms with Crippen LogP contribution in [-0.2, 0) is 6.42 Å². The van der Waals surface area contributed by atoms with Crippen LogP contribution >= 0.6 is 28.4 Å². The van der Waals surface area contributed by atoms with Gasteiger partial charge >= 0.3 is 0 Å². The van der Waals surface area contributed by atoms with Gasteiger partial charge in [0.1, 0.15) is 5.75 Å². The quantitative estimate of drug-likeness (QED) is 0.269. The molecule has 10 heteroatoms. The smallest absolute Gasteiger partial charge is 0.227 e. The maximum absolute atomic E-state index is 8.88. The van der Waals surface area contributed by atoms with E-state index in [-0.39, 0.29) is 6.61 Å². The van der Waals surface area contributed by atoms with Crippen LogP contribution in [0.5, 0.6) is 11.6 Å². The van der Waals surface area contributed by atoms with Crippen molar-refractivity contribution in [3.05, 3.63) is 60.7 Å². The number of aliphatic hydroxyl groups excluding tert-OH is 1. The summed E-state index contributed by atoms with van der Waals surface area (Å²) in [7, 11) is 0. The fourth-order valence-electron chi connectivity index (χ4n) is 2.68. The third-order valence-electron chi connectivity index (χ3n) is 4.11. The molecule has 0 aliphatic rings. The summed E-state index contributed by atoms with van der Waals surface area (Å²) in [6.07, 6.45) is 5.25. The average molecular weight is 521 g/mol. The summed E-state index contributed by atoms with van der Waals surface area (Å²) in [5.74, 6) is 2.20. The number of benzene rings is 1. The maximum atomic E-state index is 8.88. The molecule has 8 nitrogen and oxygen atoms in total. The molecule has 0 bridgehead atoms. The first-order valence-corrected chi connectivity index (χ1v) is 12.9. The second-order valence-corrected chi connectivity index (χ2v) is 8.10. The number of rotatable bonds is 8. The molecule has 1 atom stereocenters. The Morgan fingerprint density at radius 1 is 1.10 bits per heavy atom. The summed E-state index contributed by atoms with van der Waals surface area (Å²) >= 11 is 2.30. The van der Waals surface area contributed by atoms with Crippen LogP contribution in [0.3, 0.4) is 0 Å². The predicted octanol–water partition coefficient (Wildman–Crippen LogP) is 4.50. The number of nitrogens with zero attached hydrogens (tertiary/aromatic N) is 5. The van der Waals surface area contributed by atoms with Crippen molar-refractivity contribution in [1.82, 2.24) is 24.7 Å². The van der Waals surface area contributed by atoms with Gasteiger partial charge in [-0.25, -0.2) is 9.44 Å². The highest BCUT2D eigenvalue weighted by atomic mass is 127. The number of aromatic nitrogens is 5. The Morgan fingerprint density at radius 3 is 2.66 bits per heavy atom. The normalized spacial score (nSPS) is 11.4. The van der Waals surface area contributed by atoms with Crippen molar-refractivity contribution >= 4 is 28.4 Å². The summed E-state index contributed by atoms with van der Waals surface area (Å²) in [4.78, 5) is 8.73. The zero-order chi connectivity index (χ0) is 20.1. The highest BCUT2D eigenvalue weighted by Gasteiger charge is 2.10. The lowest BCUT2D eigenvalue weighted by Gasteiger charge is -2.07. The highest BCUT2D eigenvalue weighted by Crippen LogP contribution is 2.31. The van der Waals surface area contributed by atoms with Gasteiger partial charge in [0.15, 0.2) is 0 Å². The third kappa shape index (κ3) is 4.80. The Bertz CT molecular complexity index is 1070. The van der Waals surface area contributed by atoms with Gasteiger partial charge in [-0.2, -0.15) is 10.1 Å². The Kier molecular flexibility index (Phi) is 6.48. The van der Waals surface area contributed by atoms with Gasteiger partial charge in [0.05, 0.1) is 12.1 Å². The van der Waals surface area contributed by atoms with Crippen LogP contribution in [-0.4, -0.2) is 36.4 Å². The van der Waals surface area contributed by atoms with Gasteiger partial charge in [0.2, 0.25) is 17.6 Å². The Labute approximate surface area is 181 Å². The molecule has 0 spiro atoms. The van der Waals surface area contributed by atoms with Crippen LogP contribution in [0, 0.1) is 0 Å². The molecule has 0 aliphatic carbocycles. The predicted molar refractivity (Wildman–Crippen MR) is 118 cm³/mol. The molecular weight excluding hydrogens is 504 g/mol. The Hall–Kier alpha value is -2.36. The van der Waals surface area contributed by atoms with Crippen molar-refractivity contribution in [1.29, 1.82) is 0 Å². The van der Waals surface area contributed by atoms with Crippen molar-refractivity contribution in [2.24, 2.45) is 0 Å². The Balaban J connectivity index is 1.43. The number of pyridine rings is 1. The van der Waals surface area contributed by atoms with Gasteiger partial charge in [-0.1, -0.05) is 5.16 Å². The Morgan fingerprint density at radius 2 is 1.93 bits per heavy atom. The molecule has 1 aromatic carbocycles. The summed E-state index contributed by atoms with van der Waals surface area (Å²) in [5.41, 5.74) is 2.84. The van der Waals surface area contributed by atoms with E-state index in [0.29, 0.717) is 42.6 Å². The molecule has 29 heavy (non-hydrogen) atoms. The second kappa shape index (κ2) is 9.43. The van der Waals surface area contributed by atoms with E-state index < -0.39 is 0 Å². The monoisotopic (exact) mass is 521 g/mol. The standard InChI is InChI=1S/C19H17IN5O3P/c20-29-25-16(9-10-22-25)14-5-8-17(21-12-14)27-15-6-3-13(4-7-15)19-23-18(28-24-19)2-1-11-26/h3-10,12,26,29H,1-2,11H2. The van der Waals surface area contributed by atoms with Gasteiger partial charge < -0.3 is 14.4 Å². The molecule has 148 valence electrons. The molecule has 0 aliphatic heterocycles. The van der Waals surface area contributed by atoms with E-state index in [2.05, 4.69) is 42.3 Å².